The van der Waals surface area contributed by atoms with Crippen LogP contribution in [0.15, 0.2) is 78.9 Å². The van der Waals surface area contributed by atoms with Crippen molar-refractivity contribution in [1.82, 2.24) is 0 Å². The van der Waals surface area contributed by atoms with Gasteiger partial charge in [0.05, 0.1) is 22.7 Å². The Bertz CT molecular complexity index is 1030. The minimum absolute atomic E-state index is 0.0371. The van der Waals surface area contributed by atoms with Crippen LogP contribution < -0.4 is 4.74 Å². The minimum Gasteiger partial charge on any atom is -0.462 e. The van der Waals surface area contributed by atoms with Gasteiger partial charge in [-0.3, -0.25) is 10.1 Å². The van der Waals surface area contributed by atoms with E-state index in [1.807, 2.05) is 30.3 Å². The van der Waals surface area contributed by atoms with Crippen molar-refractivity contribution in [1.29, 1.82) is 0 Å². The third-order valence-electron chi connectivity index (χ3n) is 4.04. The summed E-state index contributed by atoms with van der Waals surface area (Å²) in [5, 5.41) is 10.8. The highest BCUT2D eigenvalue weighted by atomic mass is 16.6. The Morgan fingerprint density at radius 1 is 0.828 bits per heavy atom. The largest absolute Gasteiger partial charge is 0.462 e. The van der Waals surface area contributed by atoms with Crippen LogP contribution in [0.1, 0.15) is 26.3 Å². The van der Waals surface area contributed by atoms with E-state index in [1.165, 1.54) is 30.3 Å². The second kappa shape index (κ2) is 9.27. The van der Waals surface area contributed by atoms with Crippen LogP contribution in [0.25, 0.3) is 0 Å². The Morgan fingerprint density at radius 2 is 1.52 bits per heavy atom. The lowest BCUT2D eigenvalue weighted by Gasteiger charge is -2.08. The number of hydrogen-bond acceptors (Lipinski definition) is 6. The van der Waals surface area contributed by atoms with Gasteiger partial charge in [0.25, 0.3) is 5.69 Å². The van der Waals surface area contributed by atoms with Gasteiger partial charge in [-0.2, -0.15) is 0 Å². The van der Waals surface area contributed by atoms with Gasteiger partial charge in [-0.15, -0.1) is 0 Å². The summed E-state index contributed by atoms with van der Waals surface area (Å²) in [6.45, 7) is 0.223. The smallest absolute Gasteiger partial charge is 0.343 e. The molecule has 0 N–H and O–H groups in total. The molecule has 0 aliphatic heterocycles. The Labute approximate surface area is 166 Å². The molecule has 0 aliphatic carbocycles. The van der Waals surface area contributed by atoms with Crippen molar-refractivity contribution in [2.24, 2.45) is 0 Å². The molecule has 0 saturated heterocycles. The first-order valence-electron chi connectivity index (χ1n) is 8.81. The molecule has 3 rings (SSSR count). The van der Waals surface area contributed by atoms with Crippen LogP contribution in [0.3, 0.4) is 0 Å². The molecule has 0 amide bonds. The first-order valence-corrected chi connectivity index (χ1v) is 8.81. The number of benzene rings is 3. The summed E-state index contributed by atoms with van der Waals surface area (Å²) in [6.07, 6.45) is 0.591. The number of ether oxygens (including phenoxy) is 2. The fourth-order valence-corrected chi connectivity index (χ4v) is 2.59. The number of esters is 2. The number of rotatable bonds is 7. The van der Waals surface area contributed by atoms with Gasteiger partial charge in [-0.05, 0) is 29.8 Å². The van der Waals surface area contributed by atoms with E-state index in [-0.39, 0.29) is 29.2 Å². The van der Waals surface area contributed by atoms with Crippen molar-refractivity contribution in [2.75, 3.05) is 6.61 Å². The maximum Gasteiger partial charge on any atom is 0.343 e. The van der Waals surface area contributed by atoms with Crippen LogP contribution in [0, 0.1) is 10.1 Å². The first-order chi connectivity index (χ1) is 14.0. The van der Waals surface area contributed by atoms with Crippen molar-refractivity contribution in [2.45, 2.75) is 6.42 Å². The predicted molar refractivity (Wildman–Crippen MR) is 105 cm³/mol. The summed E-state index contributed by atoms with van der Waals surface area (Å²) in [5.74, 6) is -1.16. The predicted octanol–water partition coefficient (Wildman–Crippen LogP) is 4.21. The number of nitro groups is 1. The van der Waals surface area contributed by atoms with Gasteiger partial charge in [0.1, 0.15) is 5.75 Å². The average molecular weight is 391 g/mol. The molecule has 0 saturated carbocycles. The molecule has 0 unspecified atom stereocenters. The lowest BCUT2D eigenvalue weighted by Crippen LogP contribution is -2.11. The molecule has 146 valence electrons. The van der Waals surface area contributed by atoms with Crippen LogP contribution in [0.2, 0.25) is 0 Å². The minimum atomic E-state index is -0.761. The molecule has 7 nitrogen and oxygen atoms in total. The molecule has 29 heavy (non-hydrogen) atoms. The molecule has 0 radical (unpaired) electrons. The van der Waals surface area contributed by atoms with Crippen LogP contribution in [-0.4, -0.2) is 23.5 Å². The second-order valence-corrected chi connectivity index (χ2v) is 6.10. The van der Waals surface area contributed by atoms with Gasteiger partial charge in [0.2, 0.25) is 0 Å². The van der Waals surface area contributed by atoms with E-state index in [4.69, 9.17) is 9.47 Å². The number of nitro benzene ring substituents is 1. The lowest BCUT2D eigenvalue weighted by atomic mass is 10.2. The highest BCUT2D eigenvalue weighted by Crippen LogP contribution is 2.18. The molecule has 0 aromatic heterocycles. The van der Waals surface area contributed by atoms with Gasteiger partial charge >= 0.3 is 11.9 Å². The summed E-state index contributed by atoms with van der Waals surface area (Å²) in [7, 11) is 0. The maximum atomic E-state index is 12.2. The highest BCUT2D eigenvalue weighted by Gasteiger charge is 2.15. The summed E-state index contributed by atoms with van der Waals surface area (Å²) in [5.41, 5.74) is 1.12. The first kappa shape index (κ1) is 19.8. The normalized spacial score (nSPS) is 10.2. The molecule has 0 spiro atoms. The van der Waals surface area contributed by atoms with Crippen molar-refractivity contribution in [3.8, 4) is 5.75 Å². The zero-order chi connectivity index (χ0) is 20.6. The zero-order valence-corrected chi connectivity index (χ0v) is 15.3. The molecule has 0 aliphatic rings. The number of carbonyl (C=O) groups is 2. The van der Waals surface area contributed by atoms with Crippen LogP contribution in [0.5, 0.6) is 5.75 Å². The molecule has 0 fully saturated rings. The number of non-ortho nitro benzene ring substituents is 1. The van der Waals surface area contributed by atoms with Gasteiger partial charge in [-0.1, -0.05) is 42.5 Å². The van der Waals surface area contributed by atoms with Crippen LogP contribution in [-0.2, 0) is 11.2 Å². The monoisotopic (exact) mass is 391 g/mol. The highest BCUT2D eigenvalue weighted by molar-refractivity contribution is 5.93. The van der Waals surface area contributed by atoms with Gasteiger partial charge in [0.15, 0.2) is 0 Å². The molecule has 7 heteroatoms. The maximum absolute atomic E-state index is 12.2. The Morgan fingerprint density at radius 3 is 2.24 bits per heavy atom. The third-order valence-corrected chi connectivity index (χ3v) is 4.04. The quantitative estimate of drug-likeness (QED) is 0.259. The van der Waals surface area contributed by atoms with E-state index in [2.05, 4.69) is 0 Å². The second-order valence-electron chi connectivity index (χ2n) is 6.10. The summed E-state index contributed by atoms with van der Waals surface area (Å²) in [4.78, 5) is 34.7. The van der Waals surface area contributed by atoms with Crippen molar-refractivity contribution < 1.29 is 24.0 Å². The summed E-state index contributed by atoms with van der Waals surface area (Å²) >= 11 is 0. The molecular formula is C22H17NO6. The van der Waals surface area contributed by atoms with E-state index < -0.39 is 16.9 Å². The molecular weight excluding hydrogens is 374 g/mol. The topological polar surface area (TPSA) is 95.7 Å². The molecule has 3 aromatic rings. The SMILES string of the molecule is O=C(OCCc1ccccc1)c1cccc(OC(=O)c2cccc([N+](=O)[O-])c2)c1. The number of carbonyl (C=O) groups excluding carboxylic acids is 2. The molecule has 3 aromatic carbocycles. The Balaban J connectivity index is 1.61. The van der Waals surface area contributed by atoms with E-state index in [1.54, 1.807) is 12.1 Å². The van der Waals surface area contributed by atoms with Crippen molar-refractivity contribution in [3.63, 3.8) is 0 Å². The number of nitrogens with zero attached hydrogens (tertiary/aromatic N) is 1. The van der Waals surface area contributed by atoms with Crippen molar-refractivity contribution in [3.05, 3.63) is 106 Å². The molecule has 0 atom stereocenters. The van der Waals surface area contributed by atoms with Gasteiger partial charge in [0, 0.05) is 18.6 Å². The molecule has 0 bridgehead atoms. The fourth-order valence-electron chi connectivity index (χ4n) is 2.59. The Hall–Kier alpha value is -4.00. The zero-order valence-electron chi connectivity index (χ0n) is 15.3. The van der Waals surface area contributed by atoms with Gasteiger partial charge in [-0.25, -0.2) is 9.59 Å². The van der Waals surface area contributed by atoms with E-state index in [9.17, 15) is 19.7 Å². The van der Waals surface area contributed by atoms with E-state index >= 15 is 0 Å². The average Bonchev–Trinajstić information content (AvgIpc) is 2.74. The van der Waals surface area contributed by atoms with Crippen LogP contribution in [0.4, 0.5) is 5.69 Å². The standard InChI is InChI=1S/C22H17NO6/c24-21(28-13-12-16-6-2-1-3-7-16)18-9-5-11-20(15-18)29-22(25)17-8-4-10-19(14-17)23(26)27/h1-11,14-15H,12-13H2. The van der Waals surface area contributed by atoms with Crippen molar-refractivity contribution >= 4 is 17.6 Å². The number of hydrogen-bond donors (Lipinski definition) is 0. The fraction of sp³-hybridized carbons (Fsp3) is 0.0909. The lowest BCUT2D eigenvalue weighted by molar-refractivity contribution is -0.384. The Kier molecular flexibility index (Phi) is 6.32. The third kappa shape index (κ3) is 5.49. The van der Waals surface area contributed by atoms with Crippen LogP contribution >= 0.6 is 0 Å². The summed E-state index contributed by atoms with van der Waals surface area (Å²) in [6, 6.07) is 20.9. The van der Waals surface area contributed by atoms with E-state index in [0.717, 1.165) is 11.6 Å². The molecule has 0 heterocycles. The van der Waals surface area contributed by atoms with Gasteiger partial charge < -0.3 is 9.47 Å². The summed E-state index contributed by atoms with van der Waals surface area (Å²) < 4.78 is 10.5. The van der Waals surface area contributed by atoms with E-state index in [0.29, 0.717) is 6.42 Å².